The van der Waals surface area contributed by atoms with Gasteiger partial charge in [0, 0.05) is 30.0 Å². The molecule has 2 aromatic rings. The molecule has 0 bridgehead atoms. The number of oxazole rings is 1. The third-order valence-electron chi connectivity index (χ3n) is 3.53. The fourth-order valence-corrected chi connectivity index (χ4v) is 2.19. The van der Waals surface area contributed by atoms with Crippen molar-refractivity contribution in [3.8, 4) is 11.3 Å². The number of hydrogen-bond acceptors (Lipinski definition) is 3. The summed E-state index contributed by atoms with van der Waals surface area (Å²) < 4.78 is 5.66. The second kappa shape index (κ2) is 6.31. The summed E-state index contributed by atoms with van der Waals surface area (Å²) in [5.41, 5.74) is 0.927. The SMILES string of the molecule is O=C(CCc1ncc(-c2ccc(Cl)cc2)o1)NCC1CC1. The monoisotopic (exact) mass is 304 g/mol. The normalized spacial score (nSPS) is 14.1. The number of carbonyl (C=O) groups excluding carboxylic acids is 1. The van der Waals surface area contributed by atoms with Crippen molar-refractivity contribution in [2.24, 2.45) is 5.92 Å². The van der Waals surface area contributed by atoms with E-state index < -0.39 is 0 Å². The Morgan fingerprint density at radius 3 is 2.81 bits per heavy atom. The zero-order valence-corrected chi connectivity index (χ0v) is 12.4. The smallest absolute Gasteiger partial charge is 0.220 e. The van der Waals surface area contributed by atoms with E-state index in [0.29, 0.717) is 35.4 Å². The molecule has 0 aliphatic heterocycles. The Kier molecular flexibility index (Phi) is 4.25. The van der Waals surface area contributed by atoms with E-state index in [1.54, 1.807) is 6.20 Å². The summed E-state index contributed by atoms with van der Waals surface area (Å²) in [5, 5.41) is 3.62. The lowest BCUT2D eigenvalue weighted by atomic mass is 10.2. The summed E-state index contributed by atoms with van der Waals surface area (Å²) in [6, 6.07) is 7.39. The van der Waals surface area contributed by atoms with Crippen molar-refractivity contribution >= 4 is 17.5 Å². The van der Waals surface area contributed by atoms with E-state index >= 15 is 0 Å². The minimum absolute atomic E-state index is 0.0631. The molecule has 3 rings (SSSR count). The fourth-order valence-electron chi connectivity index (χ4n) is 2.06. The van der Waals surface area contributed by atoms with Crippen LogP contribution in [0.15, 0.2) is 34.9 Å². The summed E-state index contributed by atoms with van der Waals surface area (Å²) in [6.45, 7) is 0.806. The molecule has 110 valence electrons. The van der Waals surface area contributed by atoms with E-state index in [9.17, 15) is 4.79 Å². The summed E-state index contributed by atoms with van der Waals surface area (Å²) >= 11 is 5.85. The highest BCUT2D eigenvalue weighted by Crippen LogP contribution is 2.27. The molecule has 21 heavy (non-hydrogen) atoms. The number of amides is 1. The lowest BCUT2D eigenvalue weighted by Gasteiger charge is -2.02. The van der Waals surface area contributed by atoms with Gasteiger partial charge >= 0.3 is 0 Å². The minimum Gasteiger partial charge on any atom is -0.441 e. The van der Waals surface area contributed by atoms with E-state index in [1.165, 1.54) is 12.8 Å². The van der Waals surface area contributed by atoms with Crippen molar-refractivity contribution in [2.45, 2.75) is 25.7 Å². The van der Waals surface area contributed by atoms with Crippen LogP contribution in [0, 0.1) is 5.92 Å². The van der Waals surface area contributed by atoms with Gasteiger partial charge < -0.3 is 9.73 Å². The third kappa shape index (κ3) is 4.08. The molecule has 0 spiro atoms. The molecule has 0 saturated heterocycles. The van der Waals surface area contributed by atoms with Gasteiger partial charge in [-0.3, -0.25) is 4.79 Å². The van der Waals surface area contributed by atoms with Crippen LogP contribution >= 0.6 is 11.6 Å². The van der Waals surface area contributed by atoms with E-state index in [1.807, 2.05) is 24.3 Å². The molecule has 1 amide bonds. The van der Waals surface area contributed by atoms with Gasteiger partial charge in [-0.05, 0) is 43.0 Å². The van der Waals surface area contributed by atoms with Gasteiger partial charge in [0.05, 0.1) is 6.20 Å². The van der Waals surface area contributed by atoms with Crippen LogP contribution < -0.4 is 5.32 Å². The fraction of sp³-hybridized carbons (Fsp3) is 0.375. The summed E-state index contributed by atoms with van der Waals surface area (Å²) in [7, 11) is 0. The van der Waals surface area contributed by atoms with Crippen molar-refractivity contribution < 1.29 is 9.21 Å². The first kappa shape index (κ1) is 14.1. The van der Waals surface area contributed by atoms with Crippen molar-refractivity contribution in [3.63, 3.8) is 0 Å². The van der Waals surface area contributed by atoms with Gasteiger partial charge in [-0.25, -0.2) is 4.98 Å². The minimum atomic E-state index is 0.0631. The highest BCUT2D eigenvalue weighted by molar-refractivity contribution is 6.30. The van der Waals surface area contributed by atoms with Crippen LogP contribution in [0.5, 0.6) is 0 Å². The zero-order chi connectivity index (χ0) is 14.7. The largest absolute Gasteiger partial charge is 0.441 e. The Balaban J connectivity index is 1.52. The van der Waals surface area contributed by atoms with Gasteiger partial charge in [0.25, 0.3) is 0 Å². The Morgan fingerprint density at radius 2 is 2.10 bits per heavy atom. The molecule has 1 fully saturated rings. The number of rotatable bonds is 6. The molecule has 1 saturated carbocycles. The number of carbonyl (C=O) groups is 1. The van der Waals surface area contributed by atoms with E-state index in [2.05, 4.69) is 10.3 Å². The quantitative estimate of drug-likeness (QED) is 0.889. The highest BCUT2D eigenvalue weighted by atomic mass is 35.5. The Morgan fingerprint density at radius 1 is 1.33 bits per heavy atom. The Labute approximate surface area is 128 Å². The van der Waals surface area contributed by atoms with Crippen LogP contribution in [0.25, 0.3) is 11.3 Å². The molecule has 4 nitrogen and oxygen atoms in total. The van der Waals surface area contributed by atoms with E-state index in [-0.39, 0.29) is 5.91 Å². The maximum atomic E-state index is 11.7. The lowest BCUT2D eigenvalue weighted by Crippen LogP contribution is -2.25. The number of nitrogens with zero attached hydrogens (tertiary/aromatic N) is 1. The molecule has 0 unspecified atom stereocenters. The first-order valence-electron chi connectivity index (χ1n) is 7.18. The van der Waals surface area contributed by atoms with Crippen molar-refractivity contribution in [1.29, 1.82) is 0 Å². The van der Waals surface area contributed by atoms with Gasteiger partial charge in [0.2, 0.25) is 5.91 Å². The molecule has 1 aliphatic carbocycles. The molecule has 1 aromatic carbocycles. The predicted octanol–water partition coefficient (Wildman–Crippen LogP) is 3.45. The van der Waals surface area contributed by atoms with Crippen LogP contribution in [0.4, 0.5) is 0 Å². The molecule has 1 aromatic heterocycles. The lowest BCUT2D eigenvalue weighted by molar-refractivity contribution is -0.121. The van der Waals surface area contributed by atoms with Crippen molar-refractivity contribution in [1.82, 2.24) is 10.3 Å². The molecule has 1 heterocycles. The number of halogens is 1. The molecule has 1 N–H and O–H groups in total. The van der Waals surface area contributed by atoms with Gasteiger partial charge in [-0.15, -0.1) is 0 Å². The highest BCUT2D eigenvalue weighted by Gasteiger charge is 2.21. The van der Waals surface area contributed by atoms with Crippen molar-refractivity contribution in [3.05, 3.63) is 41.4 Å². The second-order valence-electron chi connectivity index (χ2n) is 5.37. The molecular formula is C16H17ClN2O2. The number of aryl methyl sites for hydroxylation is 1. The van der Waals surface area contributed by atoms with Gasteiger partial charge in [-0.2, -0.15) is 0 Å². The van der Waals surface area contributed by atoms with E-state index in [0.717, 1.165) is 12.1 Å². The number of benzene rings is 1. The third-order valence-corrected chi connectivity index (χ3v) is 3.79. The number of nitrogens with one attached hydrogen (secondary N) is 1. The van der Waals surface area contributed by atoms with Crippen LogP contribution in [0.2, 0.25) is 5.02 Å². The average Bonchev–Trinajstić information content (AvgIpc) is 3.20. The topological polar surface area (TPSA) is 55.1 Å². The predicted molar refractivity (Wildman–Crippen MR) is 81.0 cm³/mol. The summed E-state index contributed by atoms with van der Waals surface area (Å²) in [5.74, 6) is 2.04. The molecular weight excluding hydrogens is 288 g/mol. The van der Waals surface area contributed by atoms with Gasteiger partial charge in [0.15, 0.2) is 11.7 Å². The first-order chi connectivity index (χ1) is 10.2. The Bertz CT molecular complexity index is 617. The average molecular weight is 305 g/mol. The standard InChI is InChI=1S/C16H17ClN2O2/c17-13-5-3-12(4-6-13)14-10-19-16(21-14)8-7-15(20)18-9-11-1-2-11/h3-6,10-11H,1-2,7-9H2,(H,18,20). The first-order valence-corrected chi connectivity index (χ1v) is 7.56. The summed E-state index contributed by atoms with van der Waals surface area (Å²) in [6.07, 6.45) is 5.09. The molecule has 0 atom stereocenters. The number of aromatic nitrogens is 1. The zero-order valence-electron chi connectivity index (χ0n) is 11.6. The van der Waals surface area contributed by atoms with Crippen LogP contribution in [-0.4, -0.2) is 17.4 Å². The van der Waals surface area contributed by atoms with Crippen LogP contribution in [0.3, 0.4) is 0 Å². The maximum Gasteiger partial charge on any atom is 0.220 e. The van der Waals surface area contributed by atoms with Crippen LogP contribution in [0.1, 0.15) is 25.2 Å². The Hall–Kier alpha value is -1.81. The van der Waals surface area contributed by atoms with Crippen molar-refractivity contribution in [2.75, 3.05) is 6.54 Å². The van der Waals surface area contributed by atoms with Gasteiger partial charge in [0.1, 0.15) is 0 Å². The number of hydrogen-bond donors (Lipinski definition) is 1. The van der Waals surface area contributed by atoms with Gasteiger partial charge in [-0.1, -0.05) is 11.6 Å². The maximum absolute atomic E-state index is 11.7. The molecule has 1 aliphatic rings. The van der Waals surface area contributed by atoms with Crippen LogP contribution in [-0.2, 0) is 11.2 Å². The molecule has 0 radical (unpaired) electrons. The second-order valence-corrected chi connectivity index (χ2v) is 5.81. The molecule has 5 heteroatoms. The van der Waals surface area contributed by atoms with E-state index in [4.69, 9.17) is 16.0 Å². The summed E-state index contributed by atoms with van der Waals surface area (Å²) in [4.78, 5) is 15.9.